The summed E-state index contributed by atoms with van der Waals surface area (Å²) in [7, 11) is 0. The summed E-state index contributed by atoms with van der Waals surface area (Å²) < 4.78 is 0. The first-order valence-corrected chi connectivity index (χ1v) is 10.5. The number of amides is 2. The van der Waals surface area contributed by atoms with Gasteiger partial charge in [-0.25, -0.2) is 4.79 Å². The van der Waals surface area contributed by atoms with E-state index in [-0.39, 0.29) is 23.8 Å². The number of carboxylic acid groups (broad SMARTS) is 1. The number of benzene rings is 1. The Balaban J connectivity index is 2.07. The first-order chi connectivity index (χ1) is 13.5. The van der Waals surface area contributed by atoms with E-state index in [1.165, 1.54) is 23.9 Å². The number of anilines is 1. The maximum Gasteiger partial charge on any atom is 0.335 e. The van der Waals surface area contributed by atoms with Crippen LogP contribution in [0.3, 0.4) is 0 Å². The number of carbonyl (C=O) groups is 3. The van der Waals surface area contributed by atoms with Crippen LogP contribution in [0.25, 0.3) is 0 Å². The molecule has 0 saturated carbocycles. The van der Waals surface area contributed by atoms with E-state index < -0.39 is 11.2 Å². The highest BCUT2D eigenvalue weighted by Crippen LogP contribution is 2.28. The standard InChI is InChI=1S/C20H27N3O4S/c1-3-5-11-21-20-23(12-6-4-2)17(24)13-16(28-20)18(25)22-15-9-7-14(8-10-15)19(26)27/h7-10,16H,3-6,11-13H2,1-2H3,(H,22,25)(H,26,27)/t16-/m0/s1. The highest BCUT2D eigenvalue weighted by atomic mass is 32.2. The average molecular weight is 406 g/mol. The predicted octanol–water partition coefficient (Wildman–Crippen LogP) is 3.61. The first-order valence-electron chi connectivity index (χ1n) is 9.62. The quantitative estimate of drug-likeness (QED) is 0.612. The number of carboxylic acids is 1. The highest BCUT2D eigenvalue weighted by molar-refractivity contribution is 8.15. The van der Waals surface area contributed by atoms with Gasteiger partial charge in [0.15, 0.2) is 5.17 Å². The first kappa shape index (κ1) is 21.9. The Bertz CT molecular complexity index is 733. The Morgan fingerprint density at radius 3 is 2.50 bits per heavy atom. The molecule has 8 heteroatoms. The Hall–Kier alpha value is -2.35. The summed E-state index contributed by atoms with van der Waals surface area (Å²) >= 11 is 1.33. The van der Waals surface area contributed by atoms with Gasteiger partial charge in [-0.15, -0.1) is 0 Å². The Kier molecular flexibility index (Phi) is 8.50. The van der Waals surface area contributed by atoms with E-state index in [0.29, 0.717) is 23.9 Å². The van der Waals surface area contributed by atoms with Gasteiger partial charge in [0, 0.05) is 25.2 Å². The van der Waals surface area contributed by atoms with Crippen molar-refractivity contribution in [3.05, 3.63) is 29.8 Å². The second-order valence-electron chi connectivity index (χ2n) is 6.60. The third kappa shape index (κ3) is 6.09. The fourth-order valence-corrected chi connectivity index (χ4v) is 3.80. The maximum absolute atomic E-state index is 12.7. The third-order valence-corrected chi connectivity index (χ3v) is 5.55. The molecule has 1 aromatic rings. The van der Waals surface area contributed by atoms with E-state index in [0.717, 1.165) is 25.7 Å². The molecule has 0 unspecified atom stereocenters. The number of thioether (sulfide) groups is 1. The minimum atomic E-state index is -1.02. The Morgan fingerprint density at radius 2 is 1.89 bits per heavy atom. The molecular weight excluding hydrogens is 378 g/mol. The van der Waals surface area contributed by atoms with Gasteiger partial charge in [0.1, 0.15) is 5.25 Å². The van der Waals surface area contributed by atoms with Gasteiger partial charge in [-0.3, -0.25) is 19.5 Å². The van der Waals surface area contributed by atoms with Crippen LogP contribution >= 0.6 is 11.8 Å². The summed E-state index contributed by atoms with van der Waals surface area (Å²) in [6, 6.07) is 5.95. The van der Waals surface area contributed by atoms with Crippen molar-refractivity contribution >= 4 is 40.4 Å². The van der Waals surface area contributed by atoms with E-state index in [4.69, 9.17) is 5.11 Å². The van der Waals surface area contributed by atoms with Gasteiger partial charge in [-0.2, -0.15) is 0 Å². The lowest BCUT2D eigenvalue weighted by atomic mass is 10.2. The van der Waals surface area contributed by atoms with Crippen molar-refractivity contribution in [1.29, 1.82) is 0 Å². The molecule has 2 N–H and O–H groups in total. The SMILES string of the molecule is CCCCN=C1S[C@H](C(=O)Nc2ccc(C(=O)O)cc2)CC(=O)N1CCCC. The van der Waals surface area contributed by atoms with Gasteiger partial charge in [0.05, 0.1) is 5.56 Å². The zero-order chi connectivity index (χ0) is 20.5. The molecule has 1 saturated heterocycles. The zero-order valence-corrected chi connectivity index (χ0v) is 17.1. The molecule has 152 valence electrons. The van der Waals surface area contributed by atoms with Gasteiger partial charge in [-0.05, 0) is 37.1 Å². The van der Waals surface area contributed by atoms with Crippen molar-refractivity contribution < 1.29 is 19.5 Å². The van der Waals surface area contributed by atoms with Crippen LogP contribution in [-0.4, -0.2) is 51.3 Å². The summed E-state index contributed by atoms with van der Waals surface area (Å²) in [5.74, 6) is -1.38. The summed E-state index contributed by atoms with van der Waals surface area (Å²) in [4.78, 5) is 42.5. The summed E-state index contributed by atoms with van der Waals surface area (Å²) in [6.45, 7) is 5.42. The van der Waals surface area contributed by atoms with Gasteiger partial charge < -0.3 is 10.4 Å². The van der Waals surface area contributed by atoms with Crippen molar-refractivity contribution in [3.8, 4) is 0 Å². The van der Waals surface area contributed by atoms with Crippen molar-refractivity contribution in [2.45, 2.75) is 51.2 Å². The smallest absolute Gasteiger partial charge is 0.335 e. The van der Waals surface area contributed by atoms with Crippen LogP contribution in [0.15, 0.2) is 29.3 Å². The van der Waals surface area contributed by atoms with E-state index in [1.54, 1.807) is 17.0 Å². The fourth-order valence-electron chi connectivity index (χ4n) is 2.67. The zero-order valence-electron chi connectivity index (χ0n) is 16.3. The highest BCUT2D eigenvalue weighted by Gasteiger charge is 2.35. The number of unbranched alkanes of at least 4 members (excludes halogenated alkanes) is 2. The molecule has 1 aliphatic heterocycles. The number of hydrogen-bond acceptors (Lipinski definition) is 5. The number of carbonyl (C=O) groups excluding carboxylic acids is 2. The minimum Gasteiger partial charge on any atom is -0.478 e. The lowest BCUT2D eigenvalue weighted by Gasteiger charge is -2.31. The van der Waals surface area contributed by atoms with E-state index in [2.05, 4.69) is 24.2 Å². The van der Waals surface area contributed by atoms with Crippen molar-refractivity contribution in [1.82, 2.24) is 4.90 Å². The summed E-state index contributed by atoms with van der Waals surface area (Å²) in [5, 5.41) is 11.8. The molecule has 1 aromatic carbocycles. The molecule has 1 aliphatic rings. The fraction of sp³-hybridized carbons (Fsp3) is 0.500. The number of nitrogens with one attached hydrogen (secondary N) is 1. The molecule has 2 amide bonds. The van der Waals surface area contributed by atoms with Crippen LogP contribution in [-0.2, 0) is 9.59 Å². The molecule has 0 aromatic heterocycles. The van der Waals surface area contributed by atoms with Crippen molar-refractivity contribution in [2.75, 3.05) is 18.4 Å². The number of rotatable bonds is 9. The molecule has 28 heavy (non-hydrogen) atoms. The van der Waals surface area contributed by atoms with Crippen LogP contribution in [0.4, 0.5) is 5.69 Å². The van der Waals surface area contributed by atoms with Gasteiger partial charge in [-0.1, -0.05) is 38.5 Å². The molecular formula is C20H27N3O4S. The Labute approximate surface area is 169 Å². The van der Waals surface area contributed by atoms with Crippen molar-refractivity contribution in [3.63, 3.8) is 0 Å². The van der Waals surface area contributed by atoms with E-state index in [1.807, 2.05) is 0 Å². The van der Waals surface area contributed by atoms with Crippen molar-refractivity contribution in [2.24, 2.45) is 4.99 Å². The minimum absolute atomic E-state index is 0.0798. The predicted molar refractivity (Wildman–Crippen MR) is 112 cm³/mol. The van der Waals surface area contributed by atoms with Crippen LogP contribution < -0.4 is 5.32 Å². The molecule has 7 nitrogen and oxygen atoms in total. The number of aliphatic imine (C=N–C) groups is 1. The second kappa shape index (κ2) is 10.8. The summed E-state index contributed by atoms with van der Waals surface area (Å²) in [5.41, 5.74) is 0.651. The van der Waals surface area contributed by atoms with Gasteiger partial charge in [0.2, 0.25) is 11.8 Å². The van der Waals surface area contributed by atoms with E-state index in [9.17, 15) is 14.4 Å². The Morgan fingerprint density at radius 1 is 1.21 bits per heavy atom. The topological polar surface area (TPSA) is 99.1 Å². The van der Waals surface area contributed by atoms with Crippen LogP contribution in [0.2, 0.25) is 0 Å². The number of aromatic carboxylic acids is 1. The molecule has 0 radical (unpaired) electrons. The van der Waals surface area contributed by atoms with Crippen LogP contribution in [0.5, 0.6) is 0 Å². The lowest BCUT2D eigenvalue weighted by molar-refractivity contribution is -0.129. The molecule has 0 aliphatic carbocycles. The second-order valence-corrected chi connectivity index (χ2v) is 7.77. The number of nitrogens with zero attached hydrogens (tertiary/aromatic N) is 2. The molecule has 1 heterocycles. The maximum atomic E-state index is 12.7. The van der Waals surface area contributed by atoms with Crippen LogP contribution in [0.1, 0.15) is 56.3 Å². The normalized spacial score (nSPS) is 18.4. The third-order valence-electron chi connectivity index (χ3n) is 4.33. The summed E-state index contributed by atoms with van der Waals surface area (Å²) in [6.07, 6.45) is 3.95. The molecule has 0 bridgehead atoms. The monoisotopic (exact) mass is 405 g/mol. The van der Waals surface area contributed by atoms with E-state index >= 15 is 0 Å². The number of amidine groups is 1. The largest absolute Gasteiger partial charge is 0.478 e. The number of hydrogen-bond donors (Lipinski definition) is 2. The molecule has 1 atom stereocenters. The average Bonchev–Trinajstić information content (AvgIpc) is 2.67. The molecule has 0 spiro atoms. The lowest BCUT2D eigenvalue weighted by Crippen LogP contribution is -2.45. The van der Waals surface area contributed by atoms with Crippen LogP contribution in [0, 0.1) is 0 Å². The van der Waals surface area contributed by atoms with Gasteiger partial charge in [0.25, 0.3) is 0 Å². The molecule has 2 rings (SSSR count). The molecule has 1 fully saturated rings. The van der Waals surface area contributed by atoms with Gasteiger partial charge >= 0.3 is 5.97 Å².